The van der Waals surface area contributed by atoms with Crippen molar-refractivity contribution in [3.8, 4) is 0 Å². The van der Waals surface area contributed by atoms with E-state index in [1.54, 1.807) is 19.1 Å². The lowest BCUT2D eigenvalue weighted by Crippen LogP contribution is -2.54. The Morgan fingerprint density at radius 1 is 0.963 bits per heavy atom. The van der Waals surface area contributed by atoms with E-state index in [-0.39, 0.29) is 34.3 Å². The highest BCUT2D eigenvalue weighted by Gasteiger charge is 2.41. The molecule has 3 rings (SSSR count). The van der Waals surface area contributed by atoms with Crippen molar-refractivity contribution in [3.05, 3.63) is 29.3 Å². The molecule has 27 heavy (non-hydrogen) atoms. The summed E-state index contributed by atoms with van der Waals surface area (Å²) in [4.78, 5) is 0.0586. The molecule has 11 heteroatoms. The maximum Gasteiger partial charge on any atom is 0.256 e. The van der Waals surface area contributed by atoms with Gasteiger partial charge in [-0.05, 0) is 49.9 Å². The summed E-state index contributed by atoms with van der Waals surface area (Å²) in [6, 6.07) is 3.42. The zero-order valence-electron chi connectivity index (χ0n) is 15.3. The van der Waals surface area contributed by atoms with Crippen LogP contribution in [0.2, 0.25) is 0 Å². The summed E-state index contributed by atoms with van der Waals surface area (Å²) < 4.78 is 74.8. The predicted octanol–water partition coefficient (Wildman–Crippen LogP) is 0.173. The zero-order chi connectivity index (χ0) is 20.0. The van der Waals surface area contributed by atoms with E-state index in [9.17, 15) is 25.3 Å². The SMILES string of the molecule is Cc1ccc(S(=O)(=O)N(N[C@@H]2CCS(=O)(=O)C2)[C@@H]2CCS(=O)(=O)C2)cc1C. The standard InChI is InChI=1S/C16H24N2O6S3/c1-12-3-4-16(9-13(12)2)27(23,24)18(15-6-8-26(21,22)11-15)17-14-5-7-25(19,20)10-14/h3-4,9,14-15,17H,5-8,10-11H2,1-2H3/t14-,15-/m1/s1. The largest absolute Gasteiger partial charge is 0.256 e. The fourth-order valence-corrected chi connectivity index (χ4v) is 8.51. The average molecular weight is 437 g/mol. The van der Waals surface area contributed by atoms with Gasteiger partial charge in [0, 0.05) is 6.04 Å². The highest BCUT2D eigenvalue weighted by Crippen LogP contribution is 2.26. The van der Waals surface area contributed by atoms with Gasteiger partial charge in [0.1, 0.15) is 0 Å². The highest BCUT2D eigenvalue weighted by atomic mass is 32.2. The normalized spacial score (nSPS) is 27.2. The number of aryl methyl sites for hydroxylation is 2. The minimum atomic E-state index is -4.04. The Morgan fingerprint density at radius 3 is 2.11 bits per heavy atom. The summed E-state index contributed by atoms with van der Waals surface area (Å²) in [5, 5.41) is 0. The molecule has 0 aliphatic carbocycles. The second-order valence-corrected chi connectivity index (χ2v) is 13.6. The van der Waals surface area contributed by atoms with Crippen LogP contribution in [0.4, 0.5) is 0 Å². The third-order valence-electron chi connectivity index (χ3n) is 5.12. The van der Waals surface area contributed by atoms with E-state index in [0.29, 0.717) is 6.42 Å². The number of benzene rings is 1. The Bertz CT molecular complexity index is 1050. The lowest BCUT2D eigenvalue weighted by atomic mass is 10.1. The third-order valence-corrected chi connectivity index (χ3v) is 10.4. The fourth-order valence-electron chi connectivity index (χ4n) is 3.40. The van der Waals surface area contributed by atoms with Gasteiger partial charge in [0.2, 0.25) is 0 Å². The molecule has 0 aromatic heterocycles. The summed E-state index contributed by atoms with van der Waals surface area (Å²) in [5.41, 5.74) is 4.57. The van der Waals surface area contributed by atoms with Crippen molar-refractivity contribution < 1.29 is 25.3 Å². The monoisotopic (exact) mass is 436 g/mol. The second kappa shape index (κ2) is 7.11. The van der Waals surface area contributed by atoms with E-state index in [4.69, 9.17) is 0 Å². The van der Waals surface area contributed by atoms with Gasteiger partial charge in [-0.1, -0.05) is 6.07 Å². The first-order chi connectivity index (χ1) is 12.4. The van der Waals surface area contributed by atoms with Crippen LogP contribution < -0.4 is 5.43 Å². The molecule has 1 aromatic carbocycles. The lowest BCUT2D eigenvalue weighted by molar-refractivity contribution is 0.229. The van der Waals surface area contributed by atoms with E-state index in [0.717, 1.165) is 15.5 Å². The lowest BCUT2D eigenvalue weighted by Gasteiger charge is -2.30. The maximum absolute atomic E-state index is 13.3. The second-order valence-electron chi connectivity index (χ2n) is 7.33. The number of rotatable bonds is 5. The molecule has 1 aromatic rings. The molecule has 0 spiro atoms. The molecule has 2 fully saturated rings. The van der Waals surface area contributed by atoms with Crippen molar-refractivity contribution >= 4 is 29.7 Å². The Balaban J connectivity index is 1.96. The van der Waals surface area contributed by atoms with Crippen molar-refractivity contribution in [2.24, 2.45) is 0 Å². The van der Waals surface area contributed by atoms with E-state index in [1.165, 1.54) is 6.07 Å². The van der Waals surface area contributed by atoms with Gasteiger partial charge in [-0.25, -0.2) is 30.7 Å². The zero-order valence-corrected chi connectivity index (χ0v) is 17.7. The van der Waals surface area contributed by atoms with E-state index >= 15 is 0 Å². The molecule has 0 bridgehead atoms. The van der Waals surface area contributed by atoms with Crippen LogP contribution >= 0.6 is 0 Å². The third kappa shape index (κ3) is 4.53. The van der Waals surface area contributed by atoms with Gasteiger partial charge in [-0.15, -0.1) is 4.41 Å². The predicted molar refractivity (Wildman–Crippen MR) is 102 cm³/mol. The maximum atomic E-state index is 13.3. The number of nitrogens with zero attached hydrogens (tertiary/aromatic N) is 1. The molecule has 1 N–H and O–H groups in total. The van der Waals surface area contributed by atoms with Crippen molar-refractivity contribution in [2.75, 3.05) is 23.0 Å². The Morgan fingerprint density at radius 2 is 1.59 bits per heavy atom. The molecule has 2 aliphatic rings. The first-order valence-corrected chi connectivity index (χ1v) is 13.8. The summed E-state index contributed by atoms with van der Waals surface area (Å²) in [5.74, 6) is -0.526. The first kappa shape index (κ1) is 20.7. The van der Waals surface area contributed by atoms with Gasteiger partial charge >= 0.3 is 0 Å². The Hall–Kier alpha value is -1.01. The van der Waals surface area contributed by atoms with Crippen molar-refractivity contribution in [1.29, 1.82) is 0 Å². The summed E-state index contributed by atoms with van der Waals surface area (Å²) >= 11 is 0. The van der Waals surface area contributed by atoms with Crippen LogP contribution in [0, 0.1) is 13.8 Å². The molecule has 2 saturated heterocycles. The first-order valence-electron chi connectivity index (χ1n) is 8.68. The van der Waals surface area contributed by atoms with Crippen LogP contribution in [-0.4, -0.2) is 64.8 Å². The minimum Gasteiger partial charge on any atom is -0.237 e. The van der Waals surface area contributed by atoms with Crippen LogP contribution in [0.3, 0.4) is 0 Å². The molecule has 0 saturated carbocycles. The molecule has 0 radical (unpaired) electrons. The fraction of sp³-hybridized carbons (Fsp3) is 0.625. The van der Waals surface area contributed by atoms with Crippen molar-refractivity contribution in [3.63, 3.8) is 0 Å². The van der Waals surface area contributed by atoms with Crippen molar-refractivity contribution in [2.45, 2.75) is 43.7 Å². The molecular formula is C16H24N2O6S3. The Labute approximate surface area is 160 Å². The molecule has 2 aliphatic heterocycles. The number of hydrogen-bond acceptors (Lipinski definition) is 7. The van der Waals surface area contributed by atoms with E-state index < -0.39 is 41.8 Å². The van der Waals surface area contributed by atoms with Gasteiger partial charge in [0.25, 0.3) is 10.0 Å². The number of hydrazine groups is 1. The van der Waals surface area contributed by atoms with Crippen LogP contribution in [0.1, 0.15) is 24.0 Å². The van der Waals surface area contributed by atoms with E-state index in [2.05, 4.69) is 5.43 Å². The van der Waals surface area contributed by atoms with Gasteiger partial charge < -0.3 is 0 Å². The number of sulfone groups is 2. The topological polar surface area (TPSA) is 118 Å². The number of nitrogens with one attached hydrogen (secondary N) is 1. The smallest absolute Gasteiger partial charge is 0.237 e. The number of sulfonamides is 1. The molecule has 152 valence electrons. The van der Waals surface area contributed by atoms with Gasteiger partial charge in [0.15, 0.2) is 19.7 Å². The molecule has 2 heterocycles. The van der Waals surface area contributed by atoms with Crippen LogP contribution in [0.15, 0.2) is 23.1 Å². The average Bonchev–Trinajstić information content (AvgIpc) is 3.08. The van der Waals surface area contributed by atoms with Crippen LogP contribution in [0.25, 0.3) is 0 Å². The van der Waals surface area contributed by atoms with Crippen LogP contribution in [-0.2, 0) is 29.7 Å². The summed E-state index contributed by atoms with van der Waals surface area (Å²) in [6.07, 6.45) is 0.472. The van der Waals surface area contributed by atoms with E-state index in [1.807, 2.05) is 6.92 Å². The molecule has 8 nitrogen and oxygen atoms in total. The molecule has 2 atom stereocenters. The summed E-state index contributed by atoms with van der Waals surface area (Å²) in [6.45, 7) is 3.67. The molecular weight excluding hydrogens is 412 g/mol. The molecule has 0 unspecified atom stereocenters. The Kier molecular flexibility index (Phi) is 5.45. The summed E-state index contributed by atoms with van der Waals surface area (Å²) in [7, 11) is -10.6. The van der Waals surface area contributed by atoms with Gasteiger partial charge in [-0.3, -0.25) is 0 Å². The van der Waals surface area contributed by atoms with Gasteiger partial charge in [-0.2, -0.15) is 0 Å². The molecule has 0 amide bonds. The highest BCUT2D eigenvalue weighted by molar-refractivity contribution is 7.92. The van der Waals surface area contributed by atoms with Crippen molar-refractivity contribution in [1.82, 2.24) is 9.84 Å². The van der Waals surface area contributed by atoms with Gasteiger partial charge in [0.05, 0.1) is 33.9 Å². The number of hydrogen-bond donors (Lipinski definition) is 1. The van der Waals surface area contributed by atoms with Crippen LogP contribution in [0.5, 0.6) is 0 Å². The minimum absolute atomic E-state index is 0.00877. The quantitative estimate of drug-likeness (QED) is 0.654.